The van der Waals surface area contributed by atoms with Gasteiger partial charge in [0.2, 0.25) is 5.91 Å². The van der Waals surface area contributed by atoms with Gasteiger partial charge in [-0.15, -0.1) is 0 Å². The molecule has 124 valence electrons. The van der Waals surface area contributed by atoms with Crippen molar-refractivity contribution >= 4 is 11.9 Å². The number of hydrogen-bond acceptors (Lipinski definition) is 4. The van der Waals surface area contributed by atoms with Gasteiger partial charge in [-0.25, -0.2) is 0 Å². The molecule has 0 saturated carbocycles. The highest BCUT2D eigenvalue weighted by Crippen LogP contribution is 2.31. The number of carboxylic acids is 1. The third-order valence-corrected chi connectivity index (χ3v) is 4.39. The highest BCUT2D eigenvalue weighted by atomic mass is 16.6. The first kappa shape index (κ1) is 15.6. The van der Waals surface area contributed by atoms with Crippen LogP contribution >= 0.6 is 0 Å². The fourth-order valence-corrected chi connectivity index (χ4v) is 3.12. The SMILES string of the molecule is O=C(O)CC1CCN(C(=O)Cc2ccc3c(c2)OCCO3)CC1. The van der Waals surface area contributed by atoms with Crippen molar-refractivity contribution in [1.29, 1.82) is 0 Å². The summed E-state index contributed by atoms with van der Waals surface area (Å²) in [5.74, 6) is 0.927. The molecule has 1 N–H and O–H groups in total. The molecule has 1 saturated heterocycles. The Balaban J connectivity index is 1.54. The summed E-state index contributed by atoms with van der Waals surface area (Å²) >= 11 is 0. The van der Waals surface area contributed by atoms with E-state index in [1.165, 1.54) is 0 Å². The van der Waals surface area contributed by atoms with Gasteiger partial charge in [-0.3, -0.25) is 9.59 Å². The van der Waals surface area contributed by atoms with Gasteiger partial charge in [0.15, 0.2) is 11.5 Å². The zero-order valence-electron chi connectivity index (χ0n) is 13.0. The first-order chi connectivity index (χ1) is 11.1. The molecule has 2 aliphatic rings. The van der Waals surface area contributed by atoms with E-state index in [-0.39, 0.29) is 18.2 Å². The van der Waals surface area contributed by atoms with Crippen LogP contribution in [-0.4, -0.2) is 48.2 Å². The molecule has 3 rings (SSSR count). The van der Waals surface area contributed by atoms with E-state index < -0.39 is 5.97 Å². The van der Waals surface area contributed by atoms with Crippen molar-refractivity contribution in [2.45, 2.75) is 25.7 Å². The van der Waals surface area contributed by atoms with Crippen molar-refractivity contribution in [2.24, 2.45) is 5.92 Å². The van der Waals surface area contributed by atoms with E-state index in [1.54, 1.807) is 0 Å². The molecule has 2 heterocycles. The molecule has 0 aromatic heterocycles. The predicted molar refractivity (Wildman–Crippen MR) is 82.7 cm³/mol. The number of carbonyl (C=O) groups excluding carboxylic acids is 1. The summed E-state index contributed by atoms with van der Waals surface area (Å²) < 4.78 is 11.0. The van der Waals surface area contributed by atoms with Crippen LogP contribution in [0, 0.1) is 5.92 Å². The largest absolute Gasteiger partial charge is 0.486 e. The molecule has 6 heteroatoms. The van der Waals surface area contributed by atoms with Crippen molar-refractivity contribution in [1.82, 2.24) is 4.90 Å². The smallest absolute Gasteiger partial charge is 0.303 e. The number of carboxylic acid groups (broad SMARTS) is 1. The summed E-state index contributed by atoms with van der Waals surface area (Å²) in [5.41, 5.74) is 0.909. The summed E-state index contributed by atoms with van der Waals surface area (Å²) in [6, 6.07) is 5.60. The molecule has 0 unspecified atom stereocenters. The number of carbonyl (C=O) groups is 2. The Bertz CT molecular complexity index is 593. The average molecular weight is 319 g/mol. The Hall–Kier alpha value is -2.24. The van der Waals surface area contributed by atoms with Crippen molar-refractivity contribution in [3.63, 3.8) is 0 Å². The monoisotopic (exact) mass is 319 g/mol. The lowest BCUT2D eigenvalue weighted by molar-refractivity contribution is -0.138. The van der Waals surface area contributed by atoms with E-state index >= 15 is 0 Å². The van der Waals surface area contributed by atoms with E-state index in [0.29, 0.717) is 38.5 Å². The zero-order valence-corrected chi connectivity index (χ0v) is 13.0. The van der Waals surface area contributed by atoms with E-state index in [9.17, 15) is 9.59 Å². The number of aliphatic carboxylic acids is 1. The number of ether oxygens (including phenoxy) is 2. The Morgan fingerprint density at radius 2 is 1.83 bits per heavy atom. The Morgan fingerprint density at radius 3 is 2.52 bits per heavy atom. The molecule has 2 aliphatic heterocycles. The molecule has 0 spiro atoms. The fourth-order valence-electron chi connectivity index (χ4n) is 3.12. The number of hydrogen-bond donors (Lipinski definition) is 1. The minimum atomic E-state index is -0.758. The summed E-state index contributed by atoms with van der Waals surface area (Å²) in [6.45, 7) is 2.36. The minimum absolute atomic E-state index is 0.0791. The number of amides is 1. The fraction of sp³-hybridized carbons (Fsp3) is 0.529. The second kappa shape index (κ2) is 6.89. The topological polar surface area (TPSA) is 76.1 Å². The molecule has 23 heavy (non-hydrogen) atoms. The predicted octanol–water partition coefficient (Wildman–Crippen LogP) is 1.71. The molecule has 0 bridgehead atoms. The number of nitrogens with zero attached hydrogens (tertiary/aromatic N) is 1. The van der Waals surface area contributed by atoms with Crippen LogP contribution in [0.3, 0.4) is 0 Å². The van der Waals surface area contributed by atoms with Crippen LogP contribution in [0.1, 0.15) is 24.8 Å². The van der Waals surface area contributed by atoms with Crippen molar-refractivity contribution in [3.05, 3.63) is 23.8 Å². The van der Waals surface area contributed by atoms with Crippen molar-refractivity contribution < 1.29 is 24.2 Å². The maximum absolute atomic E-state index is 12.4. The molecule has 0 aliphatic carbocycles. The normalized spacial score (nSPS) is 17.8. The quantitative estimate of drug-likeness (QED) is 0.914. The lowest BCUT2D eigenvalue weighted by Crippen LogP contribution is -2.39. The number of benzene rings is 1. The Labute approximate surface area is 135 Å². The number of piperidine rings is 1. The standard InChI is InChI=1S/C17H21NO5/c19-16(18-5-3-12(4-6-18)11-17(20)21)10-13-1-2-14-15(9-13)23-8-7-22-14/h1-2,9,12H,3-8,10-11H2,(H,20,21). The molecule has 1 amide bonds. The zero-order chi connectivity index (χ0) is 16.2. The van der Waals surface area contributed by atoms with Gasteiger partial charge in [-0.1, -0.05) is 6.07 Å². The molecular weight excluding hydrogens is 298 g/mol. The number of fused-ring (bicyclic) bond motifs is 1. The summed E-state index contributed by atoms with van der Waals surface area (Å²) in [6.07, 6.45) is 2.06. The maximum Gasteiger partial charge on any atom is 0.303 e. The van der Waals surface area contributed by atoms with Crippen LogP contribution in [0.5, 0.6) is 11.5 Å². The number of likely N-dealkylation sites (tertiary alicyclic amines) is 1. The van der Waals surface area contributed by atoms with Crippen molar-refractivity contribution in [2.75, 3.05) is 26.3 Å². The van der Waals surface area contributed by atoms with Crippen LogP contribution in [0.4, 0.5) is 0 Å². The number of rotatable bonds is 4. The summed E-state index contributed by atoms with van der Waals surface area (Å²) in [7, 11) is 0. The van der Waals surface area contributed by atoms with Gasteiger partial charge in [0.05, 0.1) is 6.42 Å². The van der Waals surface area contributed by atoms with Crippen LogP contribution in [0.2, 0.25) is 0 Å². The lowest BCUT2D eigenvalue weighted by atomic mass is 9.93. The van der Waals surface area contributed by atoms with Crippen LogP contribution in [0.15, 0.2) is 18.2 Å². The van der Waals surface area contributed by atoms with E-state index in [0.717, 1.165) is 24.2 Å². The van der Waals surface area contributed by atoms with E-state index in [1.807, 2.05) is 23.1 Å². The van der Waals surface area contributed by atoms with Gasteiger partial charge in [0.1, 0.15) is 13.2 Å². The van der Waals surface area contributed by atoms with Gasteiger partial charge in [-0.05, 0) is 36.5 Å². The Morgan fingerprint density at radius 1 is 1.13 bits per heavy atom. The average Bonchev–Trinajstić information content (AvgIpc) is 2.55. The third kappa shape index (κ3) is 3.94. The summed E-state index contributed by atoms with van der Waals surface area (Å²) in [5, 5.41) is 8.83. The first-order valence-corrected chi connectivity index (χ1v) is 8.00. The molecule has 0 atom stereocenters. The van der Waals surface area contributed by atoms with Gasteiger partial charge in [-0.2, -0.15) is 0 Å². The van der Waals surface area contributed by atoms with Gasteiger partial charge < -0.3 is 19.5 Å². The molecule has 6 nitrogen and oxygen atoms in total. The second-order valence-electron chi connectivity index (χ2n) is 6.08. The molecule has 1 aromatic carbocycles. The molecule has 0 radical (unpaired) electrons. The molecule has 1 fully saturated rings. The Kier molecular flexibility index (Phi) is 4.69. The van der Waals surface area contributed by atoms with Crippen LogP contribution in [0.25, 0.3) is 0 Å². The molecule has 1 aromatic rings. The van der Waals surface area contributed by atoms with E-state index in [4.69, 9.17) is 14.6 Å². The van der Waals surface area contributed by atoms with Gasteiger partial charge in [0.25, 0.3) is 0 Å². The summed E-state index contributed by atoms with van der Waals surface area (Å²) in [4.78, 5) is 25.0. The van der Waals surface area contributed by atoms with Gasteiger partial charge >= 0.3 is 5.97 Å². The maximum atomic E-state index is 12.4. The van der Waals surface area contributed by atoms with E-state index in [2.05, 4.69) is 0 Å². The van der Waals surface area contributed by atoms with Crippen LogP contribution < -0.4 is 9.47 Å². The second-order valence-corrected chi connectivity index (χ2v) is 6.08. The molecular formula is C17H21NO5. The highest BCUT2D eigenvalue weighted by Gasteiger charge is 2.24. The van der Waals surface area contributed by atoms with Crippen LogP contribution in [-0.2, 0) is 16.0 Å². The minimum Gasteiger partial charge on any atom is -0.486 e. The van der Waals surface area contributed by atoms with Gasteiger partial charge in [0, 0.05) is 19.5 Å². The highest BCUT2D eigenvalue weighted by molar-refractivity contribution is 5.79. The van der Waals surface area contributed by atoms with Crippen molar-refractivity contribution in [3.8, 4) is 11.5 Å². The lowest BCUT2D eigenvalue weighted by Gasteiger charge is -2.31. The third-order valence-electron chi connectivity index (χ3n) is 4.39. The first-order valence-electron chi connectivity index (χ1n) is 8.00.